The summed E-state index contributed by atoms with van der Waals surface area (Å²) >= 11 is 0. The molecule has 0 bridgehead atoms. The Balaban J connectivity index is 1.44. The SMILES string of the molecule is N#Cc1cnn(-c2ccc(C(=O)Nc3ccn(Cc4ccncc4)n3)cc2)c1N. The minimum atomic E-state index is -0.281. The first-order valence-corrected chi connectivity index (χ1v) is 8.72. The van der Waals surface area contributed by atoms with Crippen LogP contribution in [-0.2, 0) is 6.54 Å². The Kier molecular flexibility index (Phi) is 4.74. The summed E-state index contributed by atoms with van der Waals surface area (Å²) in [6, 6.07) is 14.3. The molecule has 4 aromatic rings. The summed E-state index contributed by atoms with van der Waals surface area (Å²) in [5, 5.41) is 20.2. The molecule has 29 heavy (non-hydrogen) atoms. The van der Waals surface area contributed by atoms with Gasteiger partial charge in [-0.3, -0.25) is 14.5 Å². The number of nitrogens with two attached hydrogens (primary N) is 1. The lowest BCUT2D eigenvalue weighted by Gasteiger charge is -2.06. The van der Waals surface area contributed by atoms with Crippen molar-refractivity contribution in [3.63, 3.8) is 0 Å². The minimum absolute atomic E-state index is 0.254. The molecule has 0 aliphatic heterocycles. The lowest BCUT2D eigenvalue weighted by Crippen LogP contribution is -2.13. The van der Waals surface area contributed by atoms with Crippen LogP contribution >= 0.6 is 0 Å². The zero-order valence-electron chi connectivity index (χ0n) is 15.2. The van der Waals surface area contributed by atoms with Crippen LogP contribution in [-0.4, -0.2) is 30.5 Å². The Bertz CT molecular complexity index is 1190. The predicted octanol–water partition coefficient (Wildman–Crippen LogP) is 2.22. The molecular weight excluding hydrogens is 368 g/mol. The van der Waals surface area contributed by atoms with Crippen LogP contribution in [0.1, 0.15) is 21.5 Å². The Labute approximate surface area is 166 Å². The summed E-state index contributed by atoms with van der Waals surface area (Å²) < 4.78 is 3.18. The van der Waals surface area contributed by atoms with Crippen LogP contribution in [0.25, 0.3) is 5.69 Å². The van der Waals surface area contributed by atoms with Crippen LogP contribution in [0.3, 0.4) is 0 Å². The van der Waals surface area contributed by atoms with Gasteiger partial charge in [0.1, 0.15) is 17.5 Å². The number of benzene rings is 1. The topological polar surface area (TPSA) is 127 Å². The number of hydrogen-bond acceptors (Lipinski definition) is 6. The van der Waals surface area contributed by atoms with Gasteiger partial charge in [-0.2, -0.15) is 15.5 Å². The number of pyridine rings is 1. The van der Waals surface area contributed by atoms with E-state index in [0.29, 0.717) is 29.2 Å². The van der Waals surface area contributed by atoms with Gasteiger partial charge in [0.25, 0.3) is 5.91 Å². The zero-order valence-corrected chi connectivity index (χ0v) is 15.2. The van der Waals surface area contributed by atoms with Crippen molar-refractivity contribution in [2.24, 2.45) is 0 Å². The van der Waals surface area contributed by atoms with Crippen LogP contribution in [0, 0.1) is 11.3 Å². The molecule has 0 aliphatic rings. The number of nitriles is 1. The number of carbonyl (C=O) groups excluding carboxylic acids is 1. The average molecular weight is 384 g/mol. The van der Waals surface area contributed by atoms with Crippen LogP contribution in [0.5, 0.6) is 0 Å². The highest BCUT2D eigenvalue weighted by Crippen LogP contribution is 2.17. The first-order valence-electron chi connectivity index (χ1n) is 8.72. The molecule has 3 heterocycles. The third kappa shape index (κ3) is 3.81. The zero-order chi connectivity index (χ0) is 20.2. The van der Waals surface area contributed by atoms with E-state index in [4.69, 9.17) is 11.0 Å². The van der Waals surface area contributed by atoms with Gasteiger partial charge in [-0.1, -0.05) is 0 Å². The lowest BCUT2D eigenvalue weighted by atomic mass is 10.2. The Morgan fingerprint density at radius 3 is 2.59 bits per heavy atom. The van der Waals surface area contributed by atoms with Crippen molar-refractivity contribution in [1.82, 2.24) is 24.5 Å². The maximum absolute atomic E-state index is 12.5. The fraction of sp³-hybridized carbons (Fsp3) is 0.0500. The molecule has 1 aromatic carbocycles. The summed E-state index contributed by atoms with van der Waals surface area (Å²) in [7, 11) is 0. The van der Waals surface area contributed by atoms with Crippen molar-refractivity contribution in [2.75, 3.05) is 11.1 Å². The molecule has 3 N–H and O–H groups in total. The number of anilines is 2. The number of nitrogens with zero attached hydrogens (tertiary/aromatic N) is 6. The van der Waals surface area contributed by atoms with Gasteiger partial charge in [0, 0.05) is 30.2 Å². The molecule has 0 spiro atoms. The lowest BCUT2D eigenvalue weighted by molar-refractivity contribution is 0.102. The minimum Gasteiger partial charge on any atom is -0.382 e. The van der Waals surface area contributed by atoms with E-state index >= 15 is 0 Å². The summed E-state index contributed by atoms with van der Waals surface area (Å²) in [5.41, 5.74) is 8.37. The second-order valence-corrected chi connectivity index (χ2v) is 6.22. The van der Waals surface area contributed by atoms with E-state index in [0.717, 1.165) is 5.56 Å². The van der Waals surface area contributed by atoms with E-state index in [1.54, 1.807) is 53.6 Å². The highest BCUT2D eigenvalue weighted by Gasteiger charge is 2.11. The van der Waals surface area contributed by atoms with Crippen molar-refractivity contribution in [1.29, 1.82) is 5.26 Å². The van der Waals surface area contributed by atoms with E-state index < -0.39 is 0 Å². The predicted molar refractivity (Wildman–Crippen MR) is 106 cm³/mol. The number of carbonyl (C=O) groups is 1. The highest BCUT2D eigenvalue weighted by molar-refractivity contribution is 6.03. The molecule has 9 heteroatoms. The van der Waals surface area contributed by atoms with Gasteiger partial charge in [0.2, 0.25) is 0 Å². The van der Waals surface area contributed by atoms with Crippen LogP contribution in [0.2, 0.25) is 0 Å². The Morgan fingerprint density at radius 2 is 1.90 bits per heavy atom. The maximum Gasteiger partial charge on any atom is 0.256 e. The molecule has 1 amide bonds. The van der Waals surface area contributed by atoms with Crippen molar-refractivity contribution in [2.45, 2.75) is 6.54 Å². The van der Waals surface area contributed by atoms with E-state index in [1.807, 2.05) is 18.2 Å². The monoisotopic (exact) mass is 384 g/mol. The first-order chi connectivity index (χ1) is 14.1. The molecule has 0 atom stereocenters. The van der Waals surface area contributed by atoms with Gasteiger partial charge >= 0.3 is 0 Å². The van der Waals surface area contributed by atoms with Crippen molar-refractivity contribution in [3.8, 4) is 11.8 Å². The second kappa shape index (κ2) is 7.66. The molecule has 0 saturated heterocycles. The third-order valence-electron chi connectivity index (χ3n) is 4.28. The Hall–Kier alpha value is -4.45. The van der Waals surface area contributed by atoms with Gasteiger partial charge in [0.15, 0.2) is 5.82 Å². The first kappa shape index (κ1) is 17.9. The van der Waals surface area contributed by atoms with Gasteiger partial charge in [0.05, 0.1) is 18.4 Å². The number of amides is 1. The van der Waals surface area contributed by atoms with Crippen molar-refractivity contribution >= 4 is 17.5 Å². The fourth-order valence-corrected chi connectivity index (χ4v) is 2.78. The quantitative estimate of drug-likeness (QED) is 0.543. The molecule has 4 rings (SSSR count). The summed E-state index contributed by atoms with van der Waals surface area (Å²) in [5.74, 6) is 0.435. The van der Waals surface area contributed by atoms with Gasteiger partial charge < -0.3 is 11.1 Å². The summed E-state index contributed by atoms with van der Waals surface area (Å²) in [6.45, 7) is 0.586. The fourth-order valence-electron chi connectivity index (χ4n) is 2.78. The van der Waals surface area contributed by atoms with Crippen LogP contribution in [0.4, 0.5) is 11.6 Å². The number of hydrogen-bond donors (Lipinski definition) is 2. The maximum atomic E-state index is 12.5. The van der Waals surface area contributed by atoms with Gasteiger partial charge in [-0.25, -0.2) is 4.68 Å². The standard InChI is InChI=1S/C20H16N8O/c21-11-16-12-24-28(19(16)22)17-3-1-15(2-4-17)20(29)25-18-7-10-27(26-18)13-14-5-8-23-9-6-14/h1-10,12H,13,22H2,(H,25,26,29). The largest absolute Gasteiger partial charge is 0.382 e. The molecule has 3 aromatic heterocycles. The number of nitrogens with one attached hydrogen (secondary N) is 1. The van der Waals surface area contributed by atoms with E-state index in [2.05, 4.69) is 20.5 Å². The number of nitrogen functional groups attached to an aromatic ring is 1. The highest BCUT2D eigenvalue weighted by atomic mass is 16.1. The van der Waals surface area contributed by atoms with Gasteiger partial charge in [-0.15, -0.1) is 0 Å². The summed E-state index contributed by atoms with van der Waals surface area (Å²) in [6.07, 6.45) is 6.65. The Morgan fingerprint density at radius 1 is 1.14 bits per heavy atom. The van der Waals surface area contributed by atoms with E-state index in [1.165, 1.54) is 10.9 Å². The number of rotatable bonds is 5. The molecule has 9 nitrogen and oxygen atoms in total. The van der Waals surface area contributed by atoms with E-state index in [9.17, 15) is 4.79 Å². The molecule has 142 valence electrons. The molecule has 0 unspecified atom stereocenters. The van der Waals surface area contributed by atoms with Crippen LogP contribution < -0.4 is 11.1 Å². The van der Waals surface area contributed by atoms with Crippen molar-refractivity contribution < 1.29 is 4.79 Å². The smallest absolute Gasteiger partial charge is 0.256 e. The summed E-state index contributed by atoms with van der Waals surface area (Å²) in [4.78, 5) is 16.5. The number of aromatic nitrogens is 5. The molecule has 0 saturated carbocycles. The second-order valence-electron chi connectivity index (χ2n) is 6.22. The van der Waals surface area contributed by atoms with Crippen LogP contribution in [0.15, 0.2) is 67.3 Å². The van der Waals surface area contributed by atoms with Gasteiger partial charge in [-0.05, 0) is 42.0 Å². The van der Waals surface area contributed by atoms with Crippen molar-refractivity contribution in [3.05, 3.63) is 83.9 Å². The molecule has 0 fully saturated rings. The molecule has 0 aliphatic carbocycles. The normalized spacial score (nSPS) is 10.4. The third-order valence-corrected chi connectivity index (χ3v) is 4.28. The van der Waals surface area contributed by atoms with E-state index in [-0.39, 0.29) is 11.7 Å². The average Bonchev–Trinajstić information content (AvgIpc) is 3.34. The molecule has 0 radical (unpaired) electrons. The molecular formula is C20H16N8O.